The molecule has 2 aromatic carbocycles. The number of hydrogen-bond donors (Lipinski definition) is 0. The van der Waals surface area contributed by atoms with E-state index in [2.05, 4.69) is 29.2 Å². The molecule has 3 heterocycles. The molecule has 2 bridgehead atoms. The molecule has 1 aliphatic carbocycles. The van der Waals surface area contributed by atoms with Crippen LogP contribution in [0.5, 0.6) is 0 Å². The molecule has 1 aromatic heterocycles. The lowest BCUT2D eigenvalue weighted by Crippen LogP contribution is -2.60. The van der Waals surface area contributed by atoms with Gasteiger partial charge in [-0.25, -0.2) is 9.18 Å². The van der Waals surface area contributed by atoms with Crippen LogP contribution in [0.15, 0.2) is 67.0 Å². The van der Waals surface area contributed by atoms with Crippen LogP contribution in [0.2, 0.25) is 0 Å². The van der Waals surface area contributed by atoms with Crippen molar-refractivity contribution in [1.82, 2.24) is 9.88 Å². The highest BCUT2D eigenvalue weighted by Gasteiger charge is 2.45. The van der Waals surface area contributed by atoms with Crippen LogP contribution in [0.4, 0.5) is 9.18 Å². The smallest absolute Gasteiger partial charge is 0.410 e. The van der Waals surface area contributed by atoms with Crippen LogP contribution in [-0.4, -0.2) is 53.7 Å². The number of morpholine rings is 1. The molecule has 6 nitrogen and oxygen atoms in total. The van der Waals surface area contributed by atoms with Crippen molar-refractivity contribution in [2.45, 2.75) is 30.8 Å². The normalized spacial score (nSPS) is 22.9. The largest absolute Gasteiger partial charge is 0.448 e. The Kier molecular flexibility index (Phi) is 5.57. The summed E-state index contributed by atoms with van der Waals surface area (Å²) in [6, 6.07) is 17.2. The summed E-state index contributed by atoms with van der Waals surface area (Å²) in [5.74, 6) is -0.992. The van der Waals surface area contributed by atoms with Crippen LogP contribution in [-0.2, 0) is 9.47 Å². The minimum absolute atomic E-state index is 0.0120. The number of hydrogen-bond acceptors (Lipinski definition) is 5. The number of benzene rings is 2. The Morgan fingerprint density at radius 3 is 2.23 bits per heavy atom. The number of pyridine rings is 1. The third kappa shape index (κ3) is 3.90. The molecule has 2 aliphatic heterocycles. The standard InChI is InChI=1S/C28H25FN2O4/c29-19-9-18(12-30-13-19)27(32)17-10-20-14-34-15-21(11-17)31(20)28(33)35-16-26-24-7-3-1-5-22(24)23-6-2-4-8-25(23)26/h1-9,12-13,17,20-21,26H,10-11,14-16H2. The van der Waals surface area contributed by atoms with Gasteiger partial charge in [0.15, 0.2) is 5.78 Å². The molecule has 2 saturated heterocycles. The van der Waals surface area contributed by atoms with Gasteiger partial charge >= 0.3 is 6.09 Å². The average Bonchev–Trinajstić information content (AvgIpc) is 3.20. The Morgan fingerprint density at radius 2 is 1.60 bits per heavy atom. The van der Waals surface area contributed by atoms with Crippen molar-refractivity contribution in [1.29, 1.82) is 0 Å². The van der Waals surface area contributed by atoms with Gasteiger partial charge in [-0.2, -0.15) is 0 Å². The number of fused-ring (bicyclic) bond motifs is 5. The molecule has 0 spiro atoms. The summed E-state index contributed by atoms with van der Waals surface area (Å²) in [6.45, 7) is 0.957. The van der Waals surface area contributed by atoms with Crippen molar-refractivity contribution >= 4 is 11.9 Å². The fourth-order valence-corrected chi connectivity index (χ4v) is 5.88. The third-order valence-electron chi connectivity index (χ3n) is 7.43. The van der Waals surface area contributed by atoms with Gasteiger partial charge in [0.2, 0.25) is 0 Å². The van der Waals surface area contributed by atoms with Gasteiger partial charge in [-0.3, -0.25) is 14.7 Å². The van der Waals surface area contributed by atoms with Crippen molar-refractivity contribution in [3.63, 3.8) is 0 Å². The van der Waals surface area contributed by atoms with E-state index in [9.17, 15) is 14.0 Å². The van der Waals surface area contributed by atoms with E-state index in [-0.39, 0.29) is 48.0 Å². The van der Waals surface area contributed by atoms with E-state index in [0.717, 1.165) is 17.3 Å². The number of halogens is 1. The minimum atomic E-state index is -0.532. The van der Waals surface area contributed by atoms with Crippen LogP contribution in [0, 0.1) is 11.7 Å². The first-order valence-corrected chi connectivity index (χ1v) is 12.0. The van der Waals surface area contributed by atoms with Crippen LogP contribution in [0.25, 0.3) is 11.1 Å². The summed E-state index contributed by atoms with van der Waals surface area (Å²) in [6.07, 6.45) is 3.02. The topological polar surface area (TPSA) is 68.7 Å². The quantitative estimate of drug-likeness (QED) is 0.509. The van der Waals surface area contributed by atoms with Crippen molar-refractivity contribution in [3.05, 3.63) is 89.5 Å². The second kappa shape index (κ2) is 8.89. The van der Waals surface area contributed by atoms with Gasteiger partial charge in [0, 0.05) is 23.6 Å². The van der Waals surface area contributed by atoms with Gasteiger partial charge in [-0.1, -0.05) is 48.5 Å². The molecule has 2 atom stereocenters. The third-order valence-corrected chi connectivity index (χ3v) is 7.43. The number of aromatic nitrogens is 1. The number of carbonyl (C=O) groups excluding carboxylic acids is 2. The molecule has 0 radical (unpaired) electrons. The molecule has 6 rings (SSSR count). The number of rotatable bonds is 4. The Labute approximate surface area is 202 Å². The summed E-state index contributed by atoms with van der Waals surface area (Å²) < 4.78 is 25.2. The number of amides is 1. The predicted octanol–water partition coefficient (Wildman–Crippen LogP) is 4.83. The molecular weight excluding hydrogens is 447 g/mol. The number of carbonyl (C=O) groups is 2. The first-order valence-electron chi connectivity index (χ1n) is 12.0. The zero-order valence-electron chi connectivity index (χ0n) is 19.1. The molecule has 3 aromatic rings. The lowest BCUT2D eigenvalue weighted by molar-refractivity contribution is -0.0747. The predicted molar refractivity (Wildman–Crippen MR) is 127 cm³/mol. The Bertz CT molecular complexity index is 1240. The van der Waals surface area contributed by atoms with Crippen LogP contribution >= 0.6 is 0 Å². The Balaban J connectivity index is 1.17. The van der Waals surface area contributed by atoms with E-state index in [1.807, 2.05) is 24.3 Å². The van der Waals surface area contributed by atoms with E-state index in [1.54, 1.807) is 4.90 Å². The molecular formula is C28H25FN2O4. The summed E-state index contributed by atoms with van der Waals surface area (Å²) in [7, 11) is 0. The molecule has 2 fully saturated rings. The molecule has 7 heteroatoms. The molecule has 1 amide bonds. The van der Waals surface area contributed by atoms with Gasteiger partial charge in [-0.05, 0) is 41.2 Å². The summed E-state index contributed by atoms with van der Waals surface area (Å²) in [5.41, 5.74) is 4.96. The van der Waals surface area contributed by atoms with Crippen LogP contribution in [0.3, 0.4) is 0 Å². The maximum absolute atomic E-state index is 13.6. The monoisotopic (exact) mass is 472 g/mol. The van der Waals surface area contributed by atoms with Crippen LogP contribution < -0.4 is 0 Å². The number of ether oxygens (including phenoxy) is 2. The zero-order chi connectivity index (χ0) is 23.9. The molecule has 2 unspecified atom stereocenters. The molecule has 0 N–H and O–H groups in total. The summed E-state index contributed by atoms with van der Waals surface area (Å²) >= 11 is 0. The highest BCUT2D eigenvalue weighted by molar-refractivity contribution is 5.97. The highest BCUT2D eigenvalue weighted by Crippen LogP contribution is 2.44. The van der Waals surface area contributed by atoms with E-state index in [4.69, 9.17) is 9.47 Å². The molecule has 3 aliphatic rings. The molecule has 35 heavy (non-hydrogen) atoms. The lowest BCUT2D eigenvalue weighted by atomic mass is 9.81. The van der Waals surface area contributed by atoms with Gasteiger partial charge < -0.3 is 9.47 Å². The Morgan fingerprint density at radius 1 is 0.971 bits per heavy atom. The van der Waals surface area contributed by atoms with Crippen molar-refractivity contribution in [3.8, 4) is 11.1 Å². The Hall–Kier alpha value is -3.58. The minimum Gasteiger partial charge on any atom is -0.448 e. The van der Waals surface area contributed by atoms with Crippen molar-refractivity contribution in [2.24, 2.45) is 5.92 Å². The van der Waals surface area contributed by atoms with Crippen molar-refractivity contribution in [2.75, 3.05) is 19.8 Å². The van der Waals surface area contributed by atoms with E-state index in [0.29, 0.717) is 26.1 Å². The van der Waals surface area contributed by atoms with E-state index >= 15 is 0 Å². The van der Waals surface area contributed by atoms with Crippen LogP contribution in [0.1, 0.15) is 40.2 Å². The number of piperidine rings is 1. The maximum Gasteiger partial charge on any atom is 0.410 e. The van der Waals surface area contributed by atoms with Gasteiger partial charge in [-0.15, -0.1) is 0 Å². The van der Waals surface area contributed by atoms with Crippen molar-refractivity contribution < 1.29 is 23.5 Å². The summed E-state index contributed by atoms with van der Waals surface area (Å²) in [5, 5.41) is 0. The van der Waals surface area contributed by atoms with Gasteiger partial charge in [0.1, 0.15) is 12.4 Å². The number of ketones is 1. The lowest BCUT2D eigenvalue weighted by Gasteiger charge is -2.47. The fraction of sp³-hybridized carbons (Fsp3) is 0.321. The number of Topliss-reactive ketones (excluding diaryl/α,β-unsaturated/α-hetero) is 1. The van der Waals surface area contributed by atoms with E-state index in [1.165, 1.54) is 23.4 Å². The highest BCUT2D eigenvalue weighted by atomic mass is 19.1. The molecule has 178 valence electrons. The first-order chi connectivity index (χ1) is 17.1. The number of nitrogens with zero attached hydrogens (tertiary/aromatic N) is 2. The van der Waals surface area contributed by atoms with E-state index < -0.39 is 5.82 Å². The first kappa shape index (κ1) is 21.9. The zero-order valence-corrected chi connectivity index (χ0v) is 19.1. The fourth-order valence-electron chi connectivity index (χ4n) is 5.88. The summed E-state index contributed by atoms with van der Waals surface area (Å²) in [4.78, 5) is 31.9. The SMILES string of the molecule is O=C(c1cncc(F)c1)C1CC2COCC(C1)N2C(=O)OCC1c2ccccc2-c2ccccc21. The average molecular weight is 473 g/mol. The van der Waals surface area contributed by atoms with Gasteiger partial charge in [0.25, 0.3) is 0 Å². The maximum atomic E-state index is 13.6. The second-order valence-corrected chi connectivity index (χ2v) is 9.48. The molecule has 0 saturated carbocycles. The van der Waals surface area contributed by atoms with Gasteiger partial charge in [0.05, 0.1) is 31.5 Å². The second-order valence-electron chi connectivity index (χ2n) is 9.48.